The van der Waals surface area contributed by atoms with Gasteiger partial charge in [-0.3, -0.25) is 14.4 Å². The summed E-state index contributed by atoms with van der Waals surface area (Å²) in [6.45, 7) is 2.04. The zero-order valence-corrected chi connectivity index (χ0v) is 14.3. The van der Waals surface area contributed by atoms with Crippen molar-refractivity contribution in [2.45, 2.75) is 18.5 Å². The highest BCUT2D eigenvalue weighted by molar-refractivity contribution is 7.99. The second-order valence-electron chi connectivity index (χ2n) is 4.44. The SMILES string of the molecule is CCOC(=O)Cc1csc(NC(=O)CSc2nc(N)cc(=O)[nH]2)n1. The van der Waals surface area contributed by atoms with Crippen molar-refractivity contribution < 1.29 is 14.3 Å². The fourth-order valence-electron chi connectivity index (χ4n) is 1.62. The van der Waals surface area contributed by atoms with Gasteiger partial charge in [0, 0.05) is 11.4 Å². The first kappa shape index (κ1) is 17.9. The number of thiazole rings is 1. The fourth-order valence-corrected chi connectivity index (χ4v) is 3.03. The number of nitrogens with two attached hydrogens (primary N) is 1. The van der Waals surface area contributed by atoms with Crippen LogP contribution in [0.3, 0.4) is 0 Å². The first-order valence-electron chi connectivity index (χ1n) is 6.85. The van der Waals surface area contributed by atoms with Gasteiger partial charge in [-0.1, -0.05) is 11.8 Å². The number of nitrogen functional groups attached to an aromatic ring is 1. The Kier molecular flexibility index (Phi) is 6.32. The van der Waals surface area contributed by atoms with Crippen molar-refractivity contribution in [3.05, 3.63) is 27.5 Å². The van der Waals surface area contributed by atoms with E-state index in [2.05, 4.69) is 20.3 Å². The van der Waals surface area contributed by atoms with Crippen LogP contribution in [0, 0.1) is 0 Å². The van der Waals surface area contributed by atoms with Crippen LogP contribution in [0.4, 0.5) is 10.9 Å². The number of nitrogens with one attached hydrogen (secondary N) is 2. The summed E-state index contributed by atoms with van der Waals surface area (Å²) in [5.41, 5.74) is 5.61. The van der Waals surface area contributed by atoms with Gasteiger partial charge in [-0.05, 0) is 6.92 Å². The van der Waals surface area contributed by atoms with E-state index >= 15 is 0 Å². The molecule has 2 rings (SSSR count). The molecule has 4 N–H and O–H groups in total. The third-order valence-electron chi connectivity index (χ3n) is 2.51. The molecule has 0 radical (unpaired) electrons. The zero-order valence-electron chi connectivity index (χ0n) is 12.7. The van der Waals surface area contributed by atoms with E-state index in [9.17, 15) is 14.4 Å². The molecule has 0 atom stereocenters. The summed E-state index contributed by atoms with van der Waals surface area (Å²) >= 11 is 2.26. The minimum absolute atomic E-state index is 0.0270. The molecular formula is C13H15N5O4S2. The van der Waals surface area contributed by atoms with Gasteiger partial charge < -0.3 is 20.8 Å². The Morgan fingerprint density at radius 3 is 2.96 bits per heavy atom. The lowest BCUT2D eigenvalue weighted by Gasteiger charge is -2.02. The first-order valence-corrected chi connectivity index (χ1v) is 8.72. The summed E-state index contributed by atoms with van der Waals surface area (Å²) in [4.78, 5) is 45.0. The van der Waals surface area contributed by atoms with E-state index in [1.54, 1.807) is 12.3 Å². The Labute approximate surface area is 145 Å². The van der Waals surface area contributed by atoms with Gasteiger partial charge in [-0.2, -0.15) is 0 Å². The number of thioether (sulfide) groups is 1. The summed E-state index contributed by atoms with van der Waals surface area (Å²) in [6.07, 6.45) is 0.0589. The van der Waals surface area contributed by atoms with Gasteiger partial charge in [0.25, 0.3) is 5.56 Å². The average Bonchev–Trinajstić information content (AvgIpc) is 2.91. The highest BCUT2D eigenvalue weighted by Crippen LogP contribution is 2.17. The molecule has 0 aromatic carbocycles. The van der Waals surface area contributed by atoms with E-state index in [-0.39, 0.29) is 40.6 Å². The van der Waals surface area contributed by atoms with Crippen LogP contribution < -0.4 is 16.6 Å². The maximum Gasteiger partial charge on any atom is 0.311 e. The Balaban J connectivity index is 1.85. The number of aromatic nitrogens is 3. The van der Waals surface area contributed by atoms with E-state index in [1.165, 1.54) is 11.3 Å². The molecule has 24 heavy (non-hydrogen) atoms. The standard InChI is InChI=1S/C13H15N5O4S2/c1-2-22-11(21)3-7-5-23-12(15-7)18-10(20)6-24-13-16-8(14)4-9(19)17-13/h4-5H,2-3,6H2,1H3,(H,15,18,20)(H3,14,16,17,19). The number of amides is 1. The maximum atomic E-state index is 11.9. The predicted molar refractivity (Wildman–Crippen MR) is 91.1 cm³/mol. The highest BCUT2D eigenvalue weighted by Gasteiger charge is 2.11. The van der Waals surface area contributed by atoms with Gasteiger partial charge in [0.2, 0.25) is 5.91 Å². The number of anilines is 2. The molecule has 0 bridgehead atoms. The molecule has 0 aliphatic carbocycles. The summed E-state index contributed by atoms with van der Waals surface area (Å²) in [6, 6.07) is 1.16. The molecular weight excluding hydrogens is 354 g/mol. The van der Waals surface area contributed by atoms with E-state index in [0.29, 0.717) is 17.4 Å². The molecule has 9 nitrogen and oxygen atoms in total. The largest absolute Gasteiger partial charge is 0.466 e. The van der Waals surface area contributed by atoms with Crippen molar-refractivity contribution in [1.82, 2.24) is 15.0 Å². The first-order chi connectivity index (χ1) is 11.5. The second-order valence-corrected chi connectivity index (χ2v) is 6.26. The van der Waals surface area contributed by atoms with Crippen molar-refractivity contribution >= 4 is 45.9 Å². The lowest BCUT2D eigenvalue weighted by atomic mass is 10.3. The topological polar surface area (TPSA) is 140 Å². The molecule has 0 spiro atoms. The van der Waals surface area contributed by atoms with Crippen molar-refractivity contribution in [1.29, 1.82) is 0 Å². The van der Waals surface area contributed by atoms with Crippen LogP contribution in [0.5, 0.6) is 0 Å². The zero-order chi connectivity index (χ0) is 17.5. The number of nitrogens with zero attached hydrogens (tertiary/aromatic N) is 2. The van der Waals surface area contributed by atoms with Gasteiger partial charge in [0.1, 0.15) is 5.82 Å². The molecule has 0 aliphatic rings. The summed E-state index contributed by atoms with van der Waals surface area (Å²) in [5.74, 6) is -0.570. The van der Waals surface area contributed by atoms with Gasteiger partial charge in [0.05, 0.1) is 24.5 Å². The number of H-pyrrole nitrogens is 1. The van der Waals surface area contributed by atoms with E-state index in [4.69, 9.17) is 10.5 Å². The average molecular weight is 369 g/mol. The van der Waals surface area contributed by atoms with Crippen LogP contribution in [0.15, 0.2) is 21.4 Å². The predicted octanol–water partition coefficient (Wildman–Crippen LogP) is 0.645. The molecule has 2 heterocycles. The van der Waals surface area contributed by atoms with E-state index in [0.717, 1.165) is 17.8 Å². The second kappa shape index (κ2) is 8.45. The highest BCUT2D eigenvalue weighted by atomic mass is 32.2. The van der Waals surface area contributed by atoms with Crippen LogP contribution in [-0.2, 0) is 20.7 Å². The van der Waals surface area contributed by atoms with Crippen molar-refractivity contribution in [3.8, 4) is 0 Å². The van der Waals surface area contributed by atoms with E-state index < -0.39 is 0 Å². The number of aromatic amines is 1. The normalized spacial score (nSPS) is 10.4. The van der Waals surface area contributed by atoms with Gasteiger partial charge >= 0.3 is 5.97 Å². The van der Waals surface area contributed by atoms with Crippen molar-refractivity contribution in [2.24, 2.45) is 0 Å². The minimum Gasteiger partial charge on any atom is -0.466 e. The van der Waals surface area contributed by atoms with Gasteiger partial charge in [-0.25, -0.2) is 9.97 Å². The van der Waals surface area contributed by atoms with Crippen molar-refractivity contribution in [3.63, 3.8) is 0 Å². The van der Waals surface area contributed by atoms with Crippen molar-refractivity contribution in [2.75, 3.05) is 23.4 Å². The number of rotatable bonds is 7. The molecule has 11 heteroatoms. The molecule has 0 saturated heterocycles. The van der Waals surface area contributed by atoms with E-state index in [1.807, 2.05) is 0 Å². The van der Waals surface area contributed by atoms with Crippen LogP contribution >= 0.6 is 23.1 Å². The Hall–Kier alpha value is -2.40. The minimum atomic E-state index is -0.381. The third-order valence-corrected chi connectivity index (χ3v) is 4.19. The Bertz CT molecular complexity index is 789. The monoisotopic (exact) mass is 369 g/mol. The molecule has 1 amide bonds. The molecule has 0 aliphatic heterocycles. The molecule has 2 aromatic rings. The number of ether oxygens (including phenoxy) is 1. The van der Waals surface area contributed by atoms with Crippen LogP contribution in [0.2, 0.25) is 0 Å². The van der Waals surface area contributed by atoms with Gasteiger partial charge in [-0.15, -0.1) is 11.3 Å². The Morgan fingerprint density at radius 2 is 2.25 bits per heavy atom. The van der Waals surface area contributed by atoms with Crippen LogP contribution in [0.25, 0.3) is 0 Å². The van der Waals surface area contributed by atoms with Crippen LogP contribution in [-0.4, -0.2) is 39.2 Å². The quantitative estimate of drug-likeness (QED) is 0.367. The summed E-state index contributed by atoms with van der Waals surface area (Å²) in [7, 11) is 0. The number of esters is 1. The van der Waals surface area contributed by atoms with Crippen LogP contribution in [0.1, 0.15) is 12.6 Å². The number of hydrogen-bond donors (Lipinski definition) is 3. The lowest BCUT2D eigenvalue weighted by Crippen LogP contribution is -2.16. The Morgan fingerprint density at radius 1 is 1.46 bits per heavy atom. The molecule has 2 aromatic heterocycles. The third kappa shape index (κ3) is 5.66. The lowest BCUT2D eigenvalue weighted by molar-refractivity contribution is -0.142. The smallest absolute Gasteiger partial charge is 0.311 e. The maximum absolute atomic E-state index is 11.9. The summed E-state index contributed by atoms with van der Waals surface area (Å²) in [5, 5.41) is 4.93. The molecule has 0 unspecified atom stereocenters. The fraction of sp³-hybridized carbons (Fsp3) is 0.308. The number of carbonyl (C=O) groups is 2. The summed E-state index contributed by atoms with van der Waals surface area (Å²) < 4.78 is 4.83. The number of carbonyl (C=O) groups excluding carboxylic acids is 2. The van der Waals surface area contributed by atoms with Gasteiger partial charge in [0.15, 0.2) is 10.3 Å². The molecule has 0 fully saturated rings. The molecule has 128 valence electrons. The number of hydrogen-bond acceptors (Lipinski definition) is 9. The molecule has 0 saturated carbocycles.